The fraction of sp³-hybridized carbons (Fsp3) is 0.476. The Balaban J connectivity index is 0.000000360. The van der Waals surface area contributed by atoms with Crippen molar-refractivity contribution in [3.8, 4) is 0 Å². The summed E-state index contributed by atoms with van der Waals surface area (Å²) in [5.74, 6) is 2.01. The van der Waals surface area contributed by atoms with Gasteiger partial charge >= 0.3 is 0 Å². The zero-order chi connectivity index (χ0) is 20.7. The van der Waals surface area contributed by atoms with Gasteiger partial charge in [-0.2, -0.15) is 15.1 Å². The number of benzene rings is 1. The zero-order valence-electron chi connectivity index (χ0n) is 17.4. The summed E-state index contributed by atoms with van der Waals surface area (Å²) in [6, 6.07) is 12.1. The van der Waals surface area contributed by atoms with Gasteiger partial charge in [0.25, 0.3) is 0 Å². The monoisotopic (exact) mass is 400 g/mol. The van der Waals surface area contributed by atoms with E-state index in [0.717, 1.165) is 31.9 Å². The van der Waals surface area contributed by atoms with Gasteiger partial charge in [0.1, 0.15) is 5.82 Å². The summed E-state index contributed by atoms with van der Waals surface area (Å²) in [5, 5.41) is 6.84. The first-order valence-electron chi connectivity index (χ1n) is 9.99. The van der Waals surface area contributed by atoms with Gasteiger partial charge in [-0.15, -0.1) is 0 Å². The Labute approximate surface area is 173 Å². The Bertz CT molecular complexity index is 708. The van der Waals surface area contributed by atoms with E-state index in [2.05, 4.69) is 63.4 Å². The number of morpholine rings is 1. The molecule has 0 spiro atoms. The quantitative estimate of drug-likeness (QED) is 0.380. The highest BCUT2D eigenvalue weighted by atomic mass is 16.5. The first-order chi connectivity index (χ1) is 14.2. The molecule has 1 aromatic carbocycles. The van der Waals surface area contributed by atoms with E-state index in [1.54, 1.807) is 0 Å². The predicted octanol–water partition coefficient (Wildman–Crippen LogP) is 3.17. The lowest BCUT2D eigenvalue weighted by Gasteiger charge is -2.28. The van der Waals surface area contributed by atoms with Gasteiger partial charge in [-0.05, 0) is 13.3 Å². The number of rotatable bonds is 9. The molecule has 0 saturated carbocycles. The van der Waals surface area contributed by atoms with Gasteiger partial charge in [0.05, 0.1) is 19.8 Å². The molecule has 1 aliphatic heterocycles. The highest BCUT2D eigenvalue weighted by Gasteiger charge is 2.14. The second kappa shape index (κ2) is 13.5. The van der Waals surface area contributed by atoms with Crippen molar-refractivity contribution in [1.29, 1.82) is 0 Å². The molecule has 1 aromatic heterocycles. The van der Waals surface area contributed by atoms with Crippen LogP contribution in [0.15, 0.2) is 41.5 Å². The largest absolute Gasteiger partial charge is 0.380 e. The predicted molar refractivity (Wildman–Crippen MR) is 119 cm³/mol. The fourth-order valence-corrected chi connectivity index (χ4v) is 2.62. The number of aryl methyl sites for hydroxylation is 1. The molecule has 29 heavy (non-hydrogen) atoms. The lowest BCUT2D eigenvalue weighted by molar-refractivity contribution is 0.122. The second-order valence-electron chi connectivity index (χ2n) is 6.50. The van der Waals surface area contributed by atoms with Gasteiger partial charge in [0, 0.05) is 39.0 Å². The summed E-state index contributed by atoms with van der Waals surface area (Å²) in [6.45, 7) is 12.7. The van der Waals surface area contributed by atoms with Gasteiger partial charge in [0.15, 0.2) is 5.82 Å². The van der Waals surface area contributed by atoms with Crippen molar-refractivity contribution in [1.82, 2.24) is 9.97 Å². The number of aromatic nitrogens is 2. The molecule has 158 valence electrons. The topological polar surface area (TPSA) is 83.9 Å². The van der Waals surface area contributed by atoms with Crippen molar-refractivity contribution in [3.05, 3.63) is 42.0 Å². The van der Waals surface area contributed by atoms with Crippen LogP contribution in [-0.4, -0.2) is 62.7 Å². The lowest BCUT2D eigenvalue weighted by Crippen LogP contribution is -2.37. The zero-order valence-corrected chi connectivity index (χ0v) is 17.4. The Kier molecular flexibility index (Phi) is 10.5. The molecule has 2 N–H and O–H groups in total. The molecule has 8 heteroatoms. The van der Waals surface area contributed by atoms with Crippen molar-refractivity contribution in [2.75, 3.05) is 61.7 Å². The first kappa shape index (κ1) is 22.6. The maximum absolute atomic E-state index is 5.44. The molecular formula is C21H32N6O2. The summed E-state index contributed by atoms with van der Waals surface area (Å²) >= 11 is 0. The minimum atomic E-state index is 0.551. The number of hydrogen-bond acceptors (Lipinski definition) is 8. The fourth-order valence-electron chi connectivity index (χ4n) is 2.62. The standard InChI is InChI=1S/C14H24N6O2.C7H8/c1-3-7-21-8-4-16-14-17-12(19-15-2)11-13(18-14)20-5-9-22-10-6-20;1-7-5-3-2-4-6-7/h11H,2-10H2,1H3,(H2,16,17,18,19);2-6H,1H3. The van der Waals surface area contributed by atoms with Crippen LogP contribution in [0.2, 0.25) is 0 Å². The van der Waals surface area contributed by atoms with Crippen LogP contribution in [0, 0.1) is 6.92 Å². The Morgan fingerprint density at radius 2 is 1.93 bits per heavy atom. The van der Waals surface area contributed by atoms with E-state index in [4.69, 9.17) is 9.47 Å². The van der Waals surface area contributed by atoms with Gasteiger partial charge in [-0.1, -0.05) is 42.8 Å². The average molecular weight is 401 g/mol. The van der Waals surface area contributed by atoms with Gasteiger partial charge < -0.3 is 19.7 Å². The number of hydrogen-bond donors (Lipinski definition) is 2. The van der Waals surface area contributed by atoms with E-state index in [-0.39, 0.29) is 0 Å². The van der Waals surface area contributed by atoms with Crippen LogP contribution in [-0.2, 0) is 9.47 Å². The third kappa shape index (κ3) is 8.89. The Morgan fingerprint density at radius 3 is 2.55 bits per heavy atom. The molecule has 3 rings (SSSR count). The van der Waals surface area contributed by atoms with E-state index in [0.29, 0.717) is 38.1 Å². The maximum Gasteiger partial charge on any atom is 0.226 e. The third-order valence-electron chi connectivity index (χ3n) is 4.06. The van der Waals surface area contributed by atoms with Crippen LogP contribution >= 0.6 is 0 Å². The van der Waals surface area contributed by atoms with Crippen LogP contribution in [0.25, 0.3) is 0 Å². The highest BCUT2D eigenvalue weighted by molar-refractivity contribution is 5.54. The number of hydrazone groups is 1. The Hall–Kier alpha value is -2.71. The van der Waals surface area contributed by atoms with Crippen LogP contribution < -0.4 is 15.6 Å². The summed E-state index contributed by atoms with van der Waals surface area (Å²) in [6.07, 6.45) is 1.02. The molecule has 0 unspecified atom stereocenters. The summed E-state index contributed by atoms with van der Waals surface area (Å²) in [5.41, 5.74) is 4.09. The van der Waals surface area contributed by atoms with Crippen molar-refractivity contribution >= 4 is 24.3 Å². The van der Waals surface area contributed by atoms with Gasteiger partial charge in [-0.25, -0.2) is 0 Å². The molecule has 8 nitrogen and oxygen atoms in total. The smallest absolute Gasteiger partial charge is 0.226 e. The minimum Gasteiger partial charge on any atom is -0.380 e. The molecule has 0 radical (unpaired) electrons. The SMILES string of the molecule is C=NNc1cc(N2CCOCC2)nc(NCCOCCC)n1.Cc1ccccc1. The molecule has 1 aliphatic rings. The van der Waals surface area contributed by atoms with Crippen LogP contribution in [0.3, 0.4) is 0 Å². The third-order valence-corrected chi connectivity index (χ3v) is 4.06. The number of anilines is 3. The van der Waals surface area contributed by atoms with Gasteiger partial charge in [-0.3, -0.25) is 5.43 Å². The van der Waals surface area contributed by atoms with Crippen LogP contribution in [0.5, 0.6) is 0 Å². The van der Waals surface area contributed by atoms with E-state index >= 15 is 0 Å². The molecule has 0 bridgehead atoms. The maximum atomic E-state index is 5.44. The van der Waals surface area contributed by atoms with Crippen molar-refractivity contribution in [2.45, 2.75) is 20.3 Å². The number of nitrogens with one attached hydrogen (secondary N) is 2. The summed E-state index contributed by atoms with van der Waals surface area (Å²) in [7, 11) is 0. The van der Waals surface area contributed by atoms with Gasteiger partial charge in [0.2, 0.25) is 5.95 Å². The molecule has 1 saturated heterocycles. The number of nitrogens with zero attached hydrogens (tertiary/aromatic N) is 4. The van der Waals surface area contributed by atoms with Crippen molar-refractivity contribution in [2.24, 2.45) is 5.10 Å². The normalized spacial score (nSPS) is 13.2. The van der Waals surface area contributed by atoms with Crippen molar-refractivity contribution < 1.29 is 9.47 Å². The lowest BCUT2D eigenvalue weighted by atomic mass is 10.2. The van der Waals surface area contributed by atoms with Crippen LogP contribution in [0.4, 0.5) is 17.6 Å². The number of ether oxygens (including phenoxy) is 2. The molecule has 0 aliphatic carbocycles. The van der Waals surface area contributed by atoms with E-state index in [1.807, 2.05) is 24.3 Å². The molecule has 1 fully saturated rings. The molecule has 2 heterocycles. The van der Waals surface area contributed by atoms with Crippen molar-refractivity contribution in [3.63, 3.8) is 0 Å². The van der Waals surface area contributed by atoms with E-state index in [9.17, 15) is 0 Å². The second-order valence-corrected chi connectivity index (χ2v) is 6.50. The molecule has 0 amide bonds. The van der Waals surface area contributed by atoms with Crippen LogP contribution in [0.1, 0.15) is 18.9 Å². The Morgan fingerprint density at radius 1 is 1.17 bits per heavy atom. The van der Waals surface area contributed by atoms with E-state index in [1.165, 1.54) is 5.56 Å². The minimum absolute atomic E-state index is 0.551. The molecular weight excluding hydrogens is 368 g/mol. The van der Waals surface area contributed by atoms with E-state index < -0.39 is 0 Å². The summed E-state index contributed by atoms with van der Waals surface area (Å²) in [4.78, 5) is 11.1. The summed E-state index contributed by atoms with van der Waals surface area (Å²) < 4.78 is 10.8. The molecule has 2 aromatic rings. The first-order valence-corrected chi connectivity index (χ1v) is 9.99. The average Bonchev–Trinajstić information content (AvgIpc) is 2.75. The highest BCUT2D eigenvalue weighted by Crippen LogP contribution is 2.19. The molecule has 0 atom stereocenters.